The summed E-state index contributed by atoms with van der Waals surface area (Å²) < 4.78 is 0.866. The zero-order chi connectivity index (χ0) is 8.27. The van der Waals surface area contributed by atoms with Crippen LogP contribution in [0, 0.1) is 0 Å². The summed E-state index contributed by atoms with van der Waals surface area (Å²) in [6.07, 6.45) is 3.85. The van der Waals surface area contributed by atoms with Crippen LogP contribution in [0.5, 0.6) is 0 Å². The van der Waals surface area contributed by atoms with Crippen LogP contribution >= 0.6 is 39.3 Å². The van der Waals surface area contributed by atoms with E-state index in [1.165, 1.54) is 5.56 Å². The highest BCUT2D eigenvalue weighted by atomic mass is 79.9. The molecule has 4 heteroatoms. The summed E-state index contributed by atoms with van der Waals surface area (Å²) in [6.45, 7) is 0. The normalized spacial score (nSPS) is 10.1. The van der Waals surface area contributed by atoms with E-state index in [2.05, 4.69) is 27.2 Å². The van der Waals surface area contributed by atoms with Crippen LogP contribution in [0.2, 0.25) is 5.15 Å². The van der Waals surface area contributed by atoms with Crippen LogP contribution in [0.4, 0.5) is 0 Å². The average Bonchev–Trinajstić information content (AvgIpc) is 1.98. The first-order valence-corrected chi connectivity index (χ1v) is 5.59. The van der Waals surface area contributed by atoms with Crippen molar-refractivity contribution in [1.29, 1.82) is 0 Å². The maximum Gasteiger partial charge on any atom is 0.143 e. The van der Waals surface area contributed by atoms with Crippen LogP contribution in [0.1, 0.15) is 5.56 Å². The van der Waals surface area contributed by atoms with Gasteiger partial charge in [0.15, 0.2) is 0 Å². The number of hydrogen-bond donors (Lipinski definition) is 0. The zero-order valence-electron chi connectivity index (χ0n) is 5.97. The van der Waals surface area contributed by atoms with Crippen molar-refractivity contribution >= 4 is 39.3 Å². The topological polar surface area (TPSA) is 12.9 Å². The summed E-state index contributed by atoms with van der Waals surface area (Å²) in [4.78, 5) is 4.00. The molecule has 0 bridgehead atoms. The summed E-state index contributed by atoms with van der Waals surface area (Å²) in [7, 11) is 0. The summed E-state index contributed by atoms with van der Waals surface area (Å²) in [5, 5.41) is 0.523. The van der Waals surface area contributed by atoms with Gasteiger partial charge in [0.25, 0.3) is 0 Å². The van der Waals surface area contributed by atoms with Crippen molar-refractivity contribution in [2.75, 3.05) is 6.26 Å². The molecule has 1 nitrogen and oxygen atoms in total. The van der Waals surface area contributed by atoms with Crippen LogP contribution in [0.3, 0.4) is 0 Å². The Morgan fingerprint density at radius 1 is 1.73 bits per heavy atom. The molecule has 0 aliphatic heterocycles. The van der Waals surface area contributed by atoms with E-state index in [1.54, 1.807) is 18.0 Å². The number of pyridine rings is 1. The van der Waals surface area contributed by atoms with E-state index in [9.17, 15) is 0 Å². The lowest BCUT2D eigenvalue weighted by atomic mass is 10.3. The van der Waals surface area contributed by atoms with E-state index >= 15 is 0 Å². The maximum atomic E-state index is 5.72. The van der Waals surface area contributed by atoms with Gasteiger partial charge in [-0.1, -0.05) is 11.6 Å². The van der Waals surface area contributed by atoms with Crippen molar-refractivity contribution in [1.82, 2.24) is 4.98 Å². The Labute approximate surface area is 83.7 Å². The summed E-state index contributed by atoms with van der Waals surface area (Å²) >= 11 is 10.8. The van der Waals surface area contributed by atoms with Gasteiger partial charge in [-0.05, 0) is 33.8 Å². The Hall–Kier alpha value is 0.270. The molecule has 0 unspecified atom stereocenters. The molecule has 0 aliphatic rings. The highest BCUT2D eigenvalue weighted by molar-refractivity contribution is 9.10. The van der Waals surface area contributed by atoms with Gasteiger partial charge in [0.05, 0.1) is 4.47 Å². The van der Waals surface area contributed by atoms with Gasteiger partial charge < -0.3 is 0 Å². The van der Waals surface area contributed by atoms with E-state index in [0.717, 1.165) is 10.2 Å². The molecule has 1 aromatic rings. The monoisotopic (exact) mass is 251 g/mol. The number of rotatable bonds is 2. The maximum absolute atomic E-state index is 5.72. The third-order valence-electron chi connectivity index (χ3n) is 1.16. The van der Waals surface area contributed by atoms with E-state index in [1.807, 2.05) is 6.07 Å². The van der Waals surface area contributed by atoms with Crippen LogP contribution < -0.4 is 0 Å². The molecule has 1 rings (SSSR count). The van der Waals surface area contributed by atoms with Crippen molar-refractivity contribution in [2.24, 2.45) is 0 Å². The van der Waals surface area contributed by atoms with Gasteiger partial charge in [0, 0.05) is 11.9 Å². The zero-order valence-corrected chi connectivity index (χ0v) is 9.13. The smallest absolute Gasteiger partial charge is 0.143 e. The van der Waals surface area contributed by atoms with E-state index in [0.29, 0.717) is 5.15 Å². The van der Waals surface area contributed by atoms with Crippen LogP contribution in [0.15, 0.2) is 16.7 Å². The summed E-state index contributed by atoms with van der Waals surface area (Å²) in [5.74, 6) is 0.975. The van der Waals surface area contributed by atoms with Crippen LogP contribution in [-0.4, -0.2) is 11.2 Å². The number of hydrogen-bond acceptors (Lipinski definition) is 2. The second-order valence-corrected chi connectivity index (χ2v) is 4.13. The van der Waals surface area contributed by atoms with E-state index in [-0.39, 0.29) is 0 Å². The fourth-order valence-electron chi connectivity index (χ4n) is 0.706. The molecule has 0 fully saturated rings. The molecule has 0 aromatic carbocycles. The molecule has 60 valence electrons. The van der Waals surface area contributed by atoms with Crippen molar-refractivity contribution in [2.45, 2.75) is 5.75 Å². The fraction of sp³-hybridized carbons (Fsp3) is 0.286. The third-order valence-corrected chi connectivity index (χ3v) is 2.92. The molecular formula is C7H7BrClNS. The largest absolute Gasteiger partial charge is 0.243 e. The molecular weight excluding hydrogens is 246 g/mol. The lowest BCUT2D eigenvalue weighted by Crippen LogP contribution is -1.83. The molecule has 0 radical (unpaired) electrons. The van der Waals surface area contributed by atoms with Crippen molar-refractivity contribution in [3.05, 3.63) is 27.5 Å². The molecule has 11 heavy (non-hydrogen) atoms. The molecule has 0 atom stereocenters. The second kappa shape index (κ2) is 4.33. The lowest BCUT2D eigenvalue weighted by molar-refractivity contribution is 1.24. The fourth-order valence-corrected chi connectivity index (χ4v) is 1.70. The minimum Gasteiger partial charge on any atom is -0.243 e. The molecule has 1 aromatic heterocycles. The molecule has 0 saturated heterocycles. The Kier molecular flexibility index (Phi) is 3.69. The molecule has 0 spiro atoms. The molecule has 1 heterocycles. The number of nitrogens with zero attached hydrogens (tertiary/aromatic N) is 1. The standard InChI is InChI=1S/C7H7BrClNS/c1-11-4-5-2-6(8)7(9)10-3-5/h2-3H,4H2,1H3. The van der Waals surface area contributed by atoms with Gasteiger partial charge in [-0.25, -0.2) is 4.98 Å². The highest BCUT2D eigenvalue weighted by Gasteiger charge is 1.98. The first-order chi connectivity index (χ1) is 5.24. The van der Waals surface area contributed by atoms with Crippen molar-refractivity contribution < 1.29 is 0 Å². The predicted molar refractivity (Wildman–Crippen MR) is 54.2 cm³/mol. The average molecular weight is 253 g/mol. The number of aromatic nitrogens is 1. The van der Waals surface area contributed by atoms with Crippen LogP contribution in [-0.2, 0) is 5.75 Å². The Morgan fingerprint density at radius 3 is 3.00 bits per heavy atom. The molecule has 0 saturated carbocycles. The SMILES string of the molecule is CSCc1cnc(Cl)c(Br)c1. The Balaban J connectivity index is 2.86. The summed E-state index contributed by atoms with van der Waals surface area (Å²) in [5.41, 5.74) is 1.19. The van der Waals surface area contributed by atoms with Crippen molar-refractivity contribution in [3.63, 3.8) is 0 Å². The van der Waals surface area contributed by atoms with Gasteiger partial charge in [-0.3, -0.25) is 0 Å². The van der Waals surface area contributed by atoms with Gasteiger partial charge >= 0.3 is 0 Å². The van der Waals surface area contributed by atoms with E-state index < -0.39 is 0 Å². The van der Waals surface area contributed by atoms with Crippen LogP contribution in [0.25, 0.3) is 0 Å². The first-order valence-electron chi connectivity index (χ1n) is 3.03. The molecule has 0 amide bonds. The second-order valence-electron chi connectivity index (χ2n) is 2.05. The minimum absolute atomic E-state index is 0.523. The minimum atomic E-state index is 0.523. The Morgan fingerprint density at radius 2 is 2.45 bits per heavy atom. The van der Waals surface area contributed by atoms with Gasteiger partial charge in [-0.15, -0.1) is 0 Å². The first kappa shape index (κ1) is 9.36. The molecule has 0 N–H and O–H groups in total. The van der Waals surface area contributed by atoms with Gasteiger partial charge in [0.2, 0.25) is 0 Å². The predicted octanol–water partition coefficient (Wildman–Crippen LogP) is 3.36. The Bertz CT molecular complexity index is 254. The molecule has 0 aliphatic carbocycles. The summed E-state index contributed by atoms with van der Waals surface area (Å²) in [6, 6.07) is 1.99. The lowest BCUT2D eigenvalue weighted by Gasteiger charge is -1.99. The highest BCUT2D eigenvalue weighted by Crippen LogP contribution is 2.21. The number of halogens is 2. The van der Waals surface area contributed by atoms with E-state index in [4.69, 9.17) is 11.6 Å². The van der Waals surface area contributed by atoms with Gasteiger partial charge in [-0.2, -0.15) is 11.8 Å². The quantitative estimate of drug-likeness (QED) is 0.749. The third kappa shape index (κ3) is 2.65. The van der Waals surface area contributed by atoms with Gasteiger partial charge in [0.1, 0.15) is 5.15 Å². The number of thioether (sulfide) groups is 1. The van der Waals surface area contributed by atoms with Crippen molar-refractivity contribution in [3.8, 4) is 0 Å².